The number of nitrogens with one attached hydrogen (secondary N) is 1. The van der Waals surface area contributed by atoms with Crippen LogP contribution in [0.4, 0.5) is 5.69 Å². The number of hydrogen-bond donors (Lipinski definition) is 1. The maximum absolute atomic E-state index is 12.5. The van der Waals surface area contributed by atoms with E-state index in [0.717, 1.165) is 11.3 Å². The van der Waals surface area contributed by atoms with E-state index in [-0.39, 0.29) is 11.6 Å². The van der Waals surface area contributed by atoms with Crippen molar-refractivity contribution >= 4 is 11.6 Å². The highest BCUT2D eigenvalue weighted by atomic mass is 16.5. The van der Waals surface area contributed by atoms with E-state index in [9.17, 15) is 10.1 Å². The number of ether oxygens (including phenoxy) is 1. The third kappa shape index (κ3) is 6.19. The Labute approximate surface area is 160 Å². The van der Waals surface area contributed by atoms with Gasteiger partial charge in [-0.25, -0.2) is 0 Å². The Morgan fingerprint density at radius 2 is 1.85 bits per heavy atom. The molecule has 27 heavy (non-hydrogen) atoms. The molecule has 0 saturated heterocycles. The van der Waals surface area contributed by atoms with Crippen LogP contribution in [0, 0.1) is 11.3 Å². The van der Waals surface area contributed by atoms with Crippen LogP contribution in [-0.2, 0) is 11.3 Å². The summed E-state index contributed by atoms with van der Waals surface area (Å²) in [6.07, 6.45) is 1.63. The topological polar surface area (TPSA) is 65.4 Å². The molecule has 140 valence electrons. The number of anilines is 1. The van der Waals surface area contributed by atoms with Crippen molar-refractivity contribution in [2.24, 2.45) is 0 Å². The van der Waals surface area contributed by atoms with Crippen LogP contribution in [-0.4, -0.2) is 23.5 Å². The summed E-state index contributed by atoms with van der Waals surface area (Å²) in [6, 6.07) is 19.2. The highest BCUT2D eigenvalue weighted by Gasteiger charge is 2.14. The van der Waals surface area contributed by atoms with Gasteiger partial charge in [-0.3, -0.25) is 4.79 Å². The number of nitrogens with zero attached hydrogens (tertiary/aromatic N) is 2. The average molecular weight is 363 g/mol. The van der Waals surface area contributed by atoms with Gasteiger partial charge >= 0.3 is 0 Å². The van der Waals surface area contributed by atoms with E-state index in [1.807, 2.05) is 62.1 Å². The molecule has 1 amide bonds. The molecule has 0 atom stereocenters. The zero-order valence-electron chi connectivity index (χ0n) is 16.0. The van der Waals surface area contributed by atoms with Crippen molar-refractivity contribution < 1.29 is 9.53 Å². The number of amides is 1. The number of benzene rings is 2. The Bertz CT molecular complexity index is 806. The van der Waals surface area contributed by atoms with Gasteiger partial charge in [0.1, 0.15) is 17.4 Å². The third-order valence-corrected chi connectivity index (χ3v) is 3.95. The summed E-state index contributed by atoms with van der Waals surface area (Å²) in [5, 5.41) is 12.2. The van der Waals surface area contributed by atoms with E-state index in [0.29, 0.717) is 18.8 Å². The fraction of sp³-hybridized carbons (Fsp3) is 0.273. The Hall–Kier alpha value is -3.26. The molecule has 1 N–H and O–H groups in total. The second-order valence-electron chi connectivity index (χ2n) is 6.32. The van der Waals surface area contributed by atoms with E-state index in [1.165, 1.54) is 0 Å². The Balaban J connectivity index is 2.11. The minimum Gasteiger partial charge on any atom is -0.494 e. The van der Waals surface area contributed by atoms with E-state index < -0.39 is 5.91 Å². The van der Waals surface area contributed by atoms with Crippen molar-refractivity contribution in [3.63, 3.8) is 0 Å². The molecule has 0 heterocycles. The maximum atomic E-state index is 12.5. The lowest BCUT2D eigenvalue weighted by Crippen LogP contribution is -2.27. The van der Waals surface area contributed by atoms with Gasteiger partial charge in [0.05, 0.1) is 6.61 Å². The zero-order valence-corrected chi connectivity index (χ0v) is 16.0. The number of nitriles is 1. The van der Waals surface area contributed by atoms with Crippen molar-refractivity contribution in [1.82, 2.24) is 4.90 Å². The Morgan fingerprint density at radius 3 is 2.41 bits per heavy atom. The minimum absolute atomic E-state index is 0.0634. The molecule has 0 bridgehead atoms. The van der Waals surface area contributed by atoms with Gasteiger partial charge in [-0.1, -0.05) is 30.3 Å². The van der Waals surface area contributed by atoms with Gasteiger partial charge in [-0.2, -0.15) is 5.26 Å². The standard InChI is InChI=1S/C22H25N3O2/c1-4-27-21-12-10-20(11-13-21)24-22(26)19(14-23)16-25(17(2)3)15-18-8-6-5-7-9-18/h5-13,16-17H,4,15H2,1-3H3,(H,24,26)/b19-16-. The largest absolute Gasteiger partial charge is 0.494 e. The predicted molar refractivity (Wildman–Crippen MR) is 107 cm³/mol. The molecule has 0 aliphatic carbocycles. The van der Waals surface area contributed by atoms with Gasteiger partial charge in [0.15, 0.2) is 0 Å². The SMILES string of the molecule is CCOc1ccc(NC(=O)/C(C#N)=C\N(Cc2ccccc2)C(C)C)cc1. The number of rotatable bonds is 8. The summed E-state index contributed by atoms with van der Waals surface area (Å²) in [4.78, 5) is 14.5. The molecule has 0 fully saturated rings. The number of carbonyl (C=O) groups is 1. The van der Waals surface area contributed by atoms with Gasteiger partial charge in [0, 0.05) is 24.5 Å². The molecular formula is C22H25N3O2. The van der Waals surface area contributed by atoms with Gasteiger partial charge < -0.3 is 15.0 Å². The van der Waals surface area contributed by atoms with Crippen LogP contribution < -0.4 is 10.1 Å². The summed E-state index contributed by atoms with van der Waals surface area (Å²) in [5.41, 5.74) is 1.80. The van der Waals surface area contributed by atoms with Crippen LogP contribution in [0.5, 0.6) is 5.75 Å². The van der Waals surface area contributed by atoms with Gasteiger partial charge in [-0.15, -0.1) is 0 Å². The highest BCUT2D eigenvalue weighted by molar-refractivity contribution is 6.06. The van der Waals surface area contributed by atoms with E-state index in [1.54, 1.807) is 30.5 Å². The Kier molecular flexibility index (Phi) is 7.45. The van der Waals surface area contributed by atoms with Crippen LogP contribution in [0.1, 0.15) is 26.3 Å². The number of carbonyl (C=O) groups excluding carboxylic acids is 1. The van der Waals surface area contributed by atoms with Crippen molar-refractivity contribution in [2.45, 2.75) is 33.4 Å². The third-order valence-electron chi connectivity index (χ3n) is 3.95. The fourth-order valence-electron chi connectivity index (χ4n) is 2.48. The van der Waals surface area contributed by atoms with Crippen LogP contribution in [0.15, 0.2) is 66.4 Å². The van der Waals surface area contributed by atoms with Crippen LogP contribution in [0.3, 0.4) is 0 Å². The molecule has 0 aliphatic heterocycles. The molecule has 0 saturated carbocycles. The summed E-state index contributed by atoms with van der Waals surface area (Å²) in [6.45, 7) is 7.17. The first-order valence-electron chi connectivity index (χ1n) is 8.99. The summed E-state index contributed by atoms with van der Waals surface area (Å²) < 4.78 is 5.39. The van der Waals surface area contributed by atoms with Crippen molar-refractivity contribution in [2.75, 3.05) is 11.9 Å². The molecule has 5 nitrogen and oxygen atoms in total. The first-order chi connectivity index (χ1) is 13.0. The second kappa shape index (κ2) is 10.0. The predicted octanol–water partition coefficient (Wildman–Crippen LogP) is 4.34. The quantitative estimate of drug-likeness (QED) is 0.560. The molecule has 0 radical (unpaired) electrons. The molecule has 0 spiro atoms. The van der Waals surface area contributed by atoms with Crippen molar-refractivity contribution in [3.8, 4) is 11.8 Å². The molecule has 2 aromatic carbocycles. The Morgan fingerprint density at radius 1 is 1.19 bits per heavy atom. The molecule has 0 aliphatic rings. The van der Waals surface area contributed by atoms with Crippen molar-refractivity contribution in [3.05, 3.63) is 71.9 Å². The van der Waals surface area contributed by atoms with E-state index >= 15 is 0 Å². The molecule has 0 unspecified atom stereocenters. The molecule has 2 rings (SSSR count). The summed E-state index contributed by atoms with van der Waals surface area (Å²) >= 11 is 0. The van der Waals surface area contributed by atoms with Crippen LogP contribution in [0.2, 0.25) is 0 Å². The normalized spacial score (nSPS) is 11.0. The summed E-state index contributed by atoms with van der Waals surface area (Å²) in [5.74, 6) is 0.306. The van der Waals surface area contributed by atoms with Crippen LogP contribution in [0.25, 0.3) is 0 Å². The highest BCUT2D eigenvalue weighted by Crippen LogP contribution is 2.17. The lowest BCUT2D eigenvalue weighted by molar-refractivity contribution is -0.112. The van der Waals surface area contributed by atoms with Crippen LogP contribution >= 0.6 is 0 Å². The lowest BCUT2D eigenvalue weighted by Gasteiger charge is -2.25. The fourth-order valence-corrected chi connectivity index (χ4v) is 2.48. The molecule has 0 aromatic heterocycles. The van der Waals surface area contributed by atoms with Crippen molar-refractivity contribution in [1.29, 1.82) is 5.26 Å². The second-order valence-corrected chi connectivity index (χ2v) is 6.32. The zero-order chi connectivity index (χ0) is 19.6. The van der Waals surface area contributed by atoms with Gasteiger partial charge in [0.25, 0.3) is 5.91 Å². The van der Waals surface area contributed by atoms with E-state index in [4.69, 9.17) is 4.74 Å². The number of hydrogen-bond acceptors (Lipinski definition) is 4. The van der Waals surface area contributed by atoms with Gasteiger partial charge in [-0.05, 0) is 50.6 Å². The molecule has 5 heteroatoms. The minimum atomic E-state index is -0.430. The maximum Gasteiger partial charge on any atom is 0.267 e. The molecule has 2 aromatic rings. The monoisotopic (exact) mass is 363 g/mol. The lowest BCUT2D eigenvalue weighted by atomic mass is 10.2. The first kappa shape index (κ1) is 20.1. The first-order valence-corrected chi connectivity index (χ1v) is 8.99. The van der Waals surface area contributed by atoms with E-state index in [2.05, 4.69) is 5.32 Å². The molecular weight excluding hydrogens is 338 g/mol. The van der Waals surface area contributed by atoms with Gasteiger partial charge in [0.2, 0.25) is 0 Å². The smallest absolute Gasteiger partial charge is 0.267 e. The average Bonchev–Trinajstić information content (AvgIpc) is 2.67. The summed E-state index contributed by atoms with van der Waals surface area (Å²) in [7, 11) is 0.